The van der Waals surface area contributed by atoms with E-state index < -0.39 is 0 Å². The fourth-order valence-corrected chi connectivity index (χ4v) is 3.74. The monoisotopic (exact) mass is 336 g/mol. The van der Waals surface area contributed by atoms with Gasteiger partial charge < -0.3 is 5.32 Å². The van der Waals surface area contributed by atoms with E-state index in [1.165, 1.54) is 4.70 Å². The molecule has 2 aromatic carbocycles. The Bertz CT molecular complexity index is 737. The standard InChI is InChI=1S/C16H14Cl2N2S/c1-19-14(9-10-8-11(17)6-7-12(10)18)16-20-13-4-2-3-5-15(13)21-16/h2-8,14,19H,9H2,1H3. The van der Waals surface area contributed by atoms with Crippen molar-refractivity contribution in [2.24, 2.45) is 0 Å². The molecule has 1 unspecified atom stereocenters. The fraction of sp³-hybridized carbons (Fsp3) is 0.188. The second-order valence-corrected chi connectivity index (χ2v) is 6.71. The minimum atomic E-state index is 0.123. The molecule has 2 nitrogen and oxygen atoms in total. The Hall–Kier alpha value is -1.13. The fourth-order valence-electron chi connectivity index (χ4n) is 2.27. The van der Waals surface area contributed by atoms with Gasteiger partial charge in [-0.1, -0.05) is 35.3 Å². The molecule has 0 fully saturated rings. The van der Waals surface area contributed by atoms with E-state index in [4.69, 9.17) is 28.2 Å². The van der Waals surface area contributed by atoms with Crippen molar-refractivity contribution in [3.05, 3.63) is 63.1 Å². The predicted octanol–water partition coefficient (Wildman–Crippen LogP) is 5.11. The Morgan fingerprint density at radius 1 is 1.19 bits per heavy atom. The molecule has 3 aromatic rings. The molecule has 1 aromatic heterocycles. The summed E-state index contributed by atoms with van der Waals surface area (Å²) in [5.41, 5.74) is 2.07. The van der Waals surface area contributed by atoms with E-state index in [0.29, 0.717) is 5.02 Å². The number of nitrogens with one attached hydrogen (secondary N) is 1. The molecule has 0 aliphatic carbocycles. The molecule has 1 atom stereocenters. The third-order valence-corrected chi connectivity index (χ3v) is 5.14. The molecular formula is C16H14Cl2N2S. The molecule has 5 heteroatoms. The van der Waals surface area contributed by atoms with Crippen molar-refractivity contribution < 1.29 is 0 Å². The summed E-state index contributed by atoms with van der Waals surface area (Å²) < 4.78 is 1.20. The summed E-state index contributed by atoms with van der Waals surface area (Å²) in [5.74, 6) is 0. The molecule has 0 saturated heterocycles. The molecule has 0 aliphatic rings. The minimum absolute atomic E-state index is 0.123. The van der Waals surface area contributed by atoms with Crippen LogP contribution in [0, 0.1) is 0 Å². The van der Waals surface area contributed by atoms with Crippen LogP contribution in [0.2, 0.25) is 10.0 Å². The summed E-state index contributed by atoms with van der Waals surface area (Å²) in [6.07, 6.45) is 0.760. The lowest BCUT2D eigenvalue weighted by molar-refractivity contribution is 0.590. The zero-order valence-electron chi connectivity index (χ0n) is 11.4. The van der Waals surface area contributed by atoms with Crippen LogP contribution in [0.5, 0.6) is 0 Å². The second kappa shape index (κ2) is 6.32. The van der Waals surface area contributed by atoms with Crippen molar-refractivity contribution in [2.75, 3.05) is 7.05 Å². The molecule has 3 rings (SSSR count). The number of hydrogen-bond acceptors (Lipinski definition) is 3. The van der Waals surface area contributed by atoms with Crippen molar-refractivity contribution in [3.8, 4) is 0 Å². The molecule has 0 saturated carbocycles. The van der Waals surface area contributed by atoms with Crippen LogP contribution >= 0.6 is 34.5 Å². The van der Waals surface area contributed by atoms with Crippen LogP contribution < -0.4 is 5.32 Å². The maximum atomic E-state index is 6.26. The largest absolute Gasteiger partial charge is 0.311 e. The number of likely N-dealkylation sites (N-methyl/N-ethyl adjacent to an activating group) is 1. The van der Waals surface area contributed by atoms with E-state index in [1.54, 1.807) is 17.4 Å². The Morgan fingerprint density at radius 2 is 2.00 bits per heavy atom. The van der Waals surface area contributed by atoms with Crippen LogP contribution in [-0.4, -0.2) is 12.0 Å². The Kier molecular flexibility index (Phi) is 4.45. The van der Waals surface area contributed by atoms with Crippen molar-refractivity contribution in [1.82, 2.24) is 10.3 Å². The van der Waals surface area contributed by atoms with E-state index >= 15 is 0 Å². The lowest BCUT2D eigenvalue weighted by Gasteiger charge is -2.14. The number of benzene rings is 2. The van der Waals surface area contributed by atoms with E-state index in [9.17, 15) is 0 Å². The molecule has 1 heterocycles. The van der Waals surface area contributed by atoms with Crippen LogP contribution in [-0.2, 0) is 6.42 Å². The van der Waals surface area contributed by atoms with Gasteiger partial charge in [0.15, 0.2) is 0 Å². The van der Waals surface area contributed by atoms with Crippen molar-refractivity contribution in [1.29, 1.82) is 0 Å². The van der Waals surface area contributed by atoms with Crippen LogP contribution in [0.3, 0.4) is 0 Å². The van der Waals surface area contributed by atoms with Crippen molar-refractivity contribution in [2.45, 2.75) is 12.5 Å². The molecular weight excluding hydrogens is 323 g/mol. The third kappa shape index (κ3) is 3.22. The van der Waals surface area contributed by atoms with Gasteiger partial charge in [0.2, 0.25) is 0 Å². The Labute approximate surface area is 137 Å². The van der Waals surface area contributed by atoms with Gasteiger partial charge >= 0.3 is 0 Å². The first kappa shape index (κ1) is 14.8. The first-order valence-electron chi connectivity index (χ1n) is 6.64. The second-order valence-electron chi connectivity index (χ2n) is 4.80. The number of rotatable bonds is 4. The van der Waals surface area contributed by atoms with Gasteiger partial charge in [-0.2, -0.15) is 0 Å². The summed E-state index contributed by atoms with van der Waals surface area (Å²) in [4.78, 5) is 4.71. The zero-order chi connectivity index (χ0) is 14.8. The summed E-state index contributed by atoms with van der Waals surface area (Å²) in [5, 5.41) is 5.82. The molecule has 0 radical (unpaired) electrons. The molecule has 108 valence electrons. The molecule has 0 aliphatic heterocycles. The van der Waals surface area contributed by atoms with Crippen LogP contribution in [0.15, 0.2) is 42.5 Å². The molecule has 1 N–H and O–H groups in total. The molecule has 21 heavy (non-hydrogen) atoms. The summed E-state index contributed by atoms with van der Waals surface area (Å²) >= 11 is 14.0. The van der Waals surface area contributed by atoms with Gasteiger partial charge in [0, 0.05) is 10.0 Å². The molecule has 0 amide bonds. The van der Waals surface area contributed by atoms with Gasteiger partial charge in [-0.3, -0.25) is 0 Å². The summed E-state index contributed by atoms with van der Waals surface area (Å²) in [7, 11) is 1.94. The summed E-state index contributed by atoms with van der Waals surface area (Å²) in [6.45, 7) is 0. The van der Waals surface area contributed by atoms with Gasteiger partial charge in [-0.05, 0) is 49.4 Å². The average molecular weight is 337 g/mol. The number of para-hydroxylation sites is 1. The van der Waals surface area contributed by atoms with Gasteiger partial charge in [0.05, 0.1) is 16.3 Å². The third-order valence-electron chi connectivity index (χ3n) is 3.39. The number of hydrogen-bond donors (Lipinski definition) is 1. The summed E-state index contributed by atoms with van der Waals surface area (Å²) in [6, 6.07) is 13.9. The lowest BCUT2D eigenvalue weighted by Crippen LogP contribution is -2.18. The molecule has 0 bridgehead atoms. The maximum absolute atomic E-state index is 6.26. The number of nitrogens with zero attached hydrogens (tertiary/aromatic N) is 1. The Balaban J connectivity index is 1.92. The van der Waals surface area contributed by atoms with Crippen LogP contribution in [0.25, 0.3) is 10.2 Å². The number of fused-ring (bicyclic) bond motifs is 1. The van der Waals surface area contributed by atoms with Gasteiger partial charge in [0.25, 0.3) is 0 Å². The van der Waals surface area contributed by atoms with Crippen molar-refractivity contribution in [3.63, 3.8) is 0 Å². The van der Waals surface area contributed by atoms with Crippen molar-refractivity contribution >= 4 is 44.8 Å². The minimum Gasteiger partial charge on any atom is -0.311 e. The maximum Gasteiger partial charge on any atom is 0.111 e. The highest BCUT2D eigenvalue weighted by atomic mass is 35.5. The van der Waals surface area contributed by atoms with Crippen LogP contribution in [0.4, 0.5) is 0 Å². The number of aromatic nitrogens is 1. The first-order chi connectivity index (χ1) is 10.2. The topological polar surface area (TPSA) is 24.9 Å². The van der Waals surface area contributed by atoms with Gasteiger partial charge in [-0.25, -0.2) is 4.98 Å². The normalized spacial score (nSPS) is 12.7. The first-order valence-corrected chi connectivity index (χ1v) is 8.21. The predicted molar refractivity (Wildman–Crippen MR) is 91.6 cm³/mol. The lowest BCUT2D eigenvalue weighted by atomic mass is 10.1. The highest BCUT2D eigenvalue weighted by molar-refractivity contribution is 7.18. The Morgan fingerprint density at radius 3 is 2.76 bits per heavy atom. The SMILES string of the molecule is CNC(Cc1cc(Cl)ccc1Cl)c1nc2ccccc2s1. The zero-order valence-corrected chi connectivity index (χ0v) is 13.8. The van der Waals surface area contributed by atoms with E-state index in [2.05, 4.69) is 11.4 Å². The van der Waals surface area contributed by atoms with E-state index in [-0.39, 0.29) is 6.04 Å². The van der Waals surface area contributed by atoms with E-state index in [1.807, 2.05) is 37.4 Å². The van der Waals surface area contributed by atoms with Crippen LogP contribution in [0.1, 0.15) is 16.6 Å². The average Bonchev–Trinajstić information content (AvgIpc) is 2.91. The number of thiazole rings is 1. The smallest absolute Gasteiger partial charge is 0.111 e. The van der Waals surface area contributed by atoms with E-state index in [0.717, 1.165) is 27.5 Å². The molecule has 0 spiro atoms. The number of halogens is 2. The van der Waals surface area contributed by atoms with Gasteiger partial charge in [-0.15, -0.1) is 11.3 Å². The quantitative estimate of drug-likeness (QED) is 0.716. The van der Waals surface area contributed by atoms with Gasteiger partial charge in [0.1, 0.15) is 5.01 Å². The highest BCUT2D eigenvalue weighted by Crippen LogP contribution is 2.30. The highest BCUT2D eigenvalue weighted by Gasteiger charge is 2.16.